The molecule has 0 atom stereocenters. The quantitative estimate of drug-likeness (QED) is 0.285. The number of para-hydroxylation sites is 1. The number of ether oxygens (including phenoxy) is 1. The summed E-state index contributed by atoms with van der Waals surface area (Å²) >= 11 is 0. The highest BCUT2D eigenvalue weighted by Crippen LogP contribution is 2.40. The number of guanidine groups is 1. The summed E-state index contributed by atoms with van der Waals surface area (Å²) < 4.78 is 5.36. The van der Waals surface area contributed by atoms with Gasteiger partial charge < -0.3 is 15.8 Å². The summed E-state index contributed by atoms with van der Waals surface area (Å²) in [7, 11) is 1.57. The summed E-state index contributed by atoms with van der Waals surface area (Å²) in [5.74, 6) is 0.669. The van der Waals surface area contributed by atoms with Gasteiger partial charge in [-0.3, -0.25) is 9.80 Å². The molecule has 8 heteroatoms. The number of amides is 1. The van der Waals surface area contributed by atoms with Crippen LogP contribution in [-0.2, 0) is 5.41 Å². The zero-order chi connectivity index (χ0) is 24.0. The summed E-state index contributed by atoms with van der Waals surface area (Å²) in [6, 6.07) is 17.5. The molecule has 1 aliphatic carbocycles. The Morgan fingerprint density at radius 2 is 1.88 bits per heavy atom. The Morgan fingerprint density at radius 1 is 1.21 bits per heavy atom. The van der Waals surface area contributed by atoms with E-state index in [1.165, 1.54) is 5.56 Å². The van der Waals surface area contributed by atoms with Crippen LogP contribution in [0.5, 0.6) is 5.75 Å². The van der Waals surface area contributed by atoms with E-state index in [1.807, 2.05) is 35.3 Å². The lowest BCUT2D eigenvalue weighted by atomic mass is 9.68. The van der Waals surface area contributed by atoms with E-state index in [4.69, 9.17) is 10.5 Å². The molecule has 1 saturated heterocycles. The number of hydrogen-bond acceptors (Lipinski definition) is 5. The van der Waals surface area contributed by atoms with Crippen molar-refractivity contribution in [3.8, 4) is 11.9 Å². The Kier molecular flexibility index (Phi) is 7.21. The molecular formula is C26H32N6O2. The number of carbonyl (C=O) groups excluding carboxylic acids is 1. The van der Waals surface area contributed by atoms with Crippen LogP contribution in [0.2, 0.25) is 0 Å². The van der Waals surface area contributed by atoms with Crippen LogP contribution in [0.1, 0.15) is 48.0 Å². The first-order chi connectivity index (χ1) is 16.6. The minimum atomic E-state index is -0.222. The molecule has 0 unspecified atom stereocenters. The second-order valence-corrected chi connectivity index (χ2v) is 9.00. The van der Waals surface area contributed by atoms with Gasteiger partial charge in [-0.05, 0) is 49.8 Å². The summed E-state index contributed by atoms with van der Waals surface area (Å²) in [6.07, 6.45) is 6.55. The standard InChI is InChI=1S/C26H32N6O2/c1-34-23-11-6-5-10-22(23)24(33)29-18-26(20-8-3-2-4-9-20)14-12-21(13-15-26)32(19-27)25(28)30-31-16-7-17-31/h2-6,8-11,21H,7,12-18H2,1H3,(H2,28,30)(H,29,33)/t21-,26-. The van der Waals surface area contributed by atoms with E-state index >= 15 is 0 Å². The van der Waals surface area contributed by atoms with Gasteiger partial charge in [0.05, 0.1) is 12.7 Å². The SMILES string of the molecule is COc1ccccc1C(=O)NC[C@]1(c2ccccc2)CC[C@H](N(C#N)C(N)=NN2CCC2)CC1. The fraction of sp³-hybridized carbons (Fsp3) is 0.423. The van der Waals surface area contributed by atoms with Crippen molar-refractivity contribution < 1.29 is 9.53 Å². The van der Waals surface area contributed by atoms with Gasteiger partial charge in [-0.1, -0.05) is 42.5 Å². The second-order valence-electron chi connectivity index (χ2n) is 9.00. The molecule has 2 aromatic rings. The maximum atomic E-state index is 13.0. The third kappa shape index (κ3) is 4.93. The van der Waals surface area contributed by atoms with E-state index in [1.54, 1.807) is 24.1 Å². The number of nitrogens with two attached hydrogens (primary N) is 1. The summed E-state index contributed by atoms with van der Waals surface area (Å²) in [6.45, 7) is 2.27. The van der Waals surface area contributed by atoms with Crippen molar-refractivity contribution in [3.05, 3.63) is 65.7 Å². The zero-order valence-electron chi connectivity index (χ0n) is 19.6. The van der Waals surface area contributed by atoms with Gasteiger partial charge in [0.15, 0.2) is 6.19 Å². The van der Waals surface area contributed by atoms with Crippen LogP contribution in [-0.4, -0.2) is 54.6 Å². The number of nitrogens with one attached hydrogen (secondary N) is 1. The van der Waals surface area contributed by atoms with Crippen molar-refractivity contribution in [1.29, 1.82) is 5.26 Å². The van der Waals surface area contributed by atoms with Crippen LogP contribution in [0.3, 0.4) is 0 Å². The van der Waals surface area contributed by atoms with Crippen molar-refractivity contribution in [2.45, 2.75) is 43.6 Å². The maximum Gasteiger partial charge on any atom is 0.255 e. The molecular weight excluding hydrogens is 428 g/mol. The normalized spacial score (nSPS) is 22.3. The second kappa shape index (κ2) is 10.5. The lowest BCUT2D eigenvalue weighted by Crippen LogP contribution is -2.50. The summed E-state index contributed by atoms with van der Waals surface area (Å²) in [5.41, 5.74) is 7.67. The lowest BCUT2D eigenvalue weighted by molar-refractivity contribution is 0.0929. The molecule has 178 valence electrons. The van der Waals surface area contributed by atoms with Crippen molar-refractivity contribution in [2.24, 2.45) is 10.8 Å². The molecule has 1 saturated carbocycles. The van der Waals surface area contributed by atoms with Crippen molar-refractivity contribution in [2.75, 3.05) is 26.7 Å². The Hall–Kier alpha value is -3.73. The topological polar surface area (TPSA) is 107 Å². The smallest absolute Gasteiger partial charge is 0.255 e. The first kappa shape index (κ1) is 23.4. The van der Waals surface area contributed by atoms with E-state index in [0.29, 0.717) is 17.9 Å². The highest BCUT2D eigenvalue weighted by Gasteiger charge is 2.39. The van der Waals surface area contributed by atoms with Crippen LogP contribution < -0.4 is 15.8 Å². The van der Waals surface area contributed by atoms with Gasteiger partial charge in [0.1, 0.15) is 5.75 Å². The Morgan fingerprint density at radius 3 is 2.50 bits per heavy atom. The Balaban J connectivity index is 1.49. The molecule has 1 aliphatic heterocycles. The number of nitriles is 1. The number of hydrogen-bond donors (Lipinski definition) is 2. The highest BCUT2D eigenvalue weighted by molar-refractivity contribution is 5.97. The molecule has 2 fully saturated rings. The monoisotopic (exact) mass is 460 g/mol. The van der Waals surface area contributed by atoms with Crippen molar-refractivity contribution in [1.82, 2.24) is 15.2 Å². The van der Waals surface area contributed by atoms with E-state index in [-0.39, 0.29) is 23.3 Å². The van der Waals surface area contributed by atoms with Crippen molar-refractivity contribution in [3.63, 3.8) is 0 Å². The molecule has 0 spiro atoms. The zero-order valence-corrected chi connectivity index (χ0v) is 19.6. The van der Waals surface area contributed by atoms with Crippen LogP contribution in [0, 0.1) is 11.5 Å². The molecule has 0 aromatic heterocycles. The number of rotatable bonds is 7. The Bertz CT molecular complexity index is 1050. The molecule has 0 radical (unpaired) electrons. The van der Waals surface area contributed by atoms with Crippen LogP contribution in [0.4, 0.5) is 0 Å². The summed E-state index contributed by atoms with van der Waals surface area (Å²) in [5, 5.41) is 19.2. The van der Waals surface area contributed by atoms with Gasteiger partial charge in [-0.2, -0.15) is 5.26 Å². The van der Waals surface area contributed by atoms with Crippen LogP contribution in [0.25, 0.3) is 0 Å². The predicted molar refractivity (Wildman–Crippen MR) is 131 cm³/mol. The van der Waals surface area contributed by atoms with Gasteiger partial charge >= 0.3 is 0 Å². The minimum Gasteiger partial charge on any atom is -0.496 e. The van der Waals surface area contributed by atoms with Gasteiger partial charge in [-0.15, -0.1) is 5.10 Å². The van der Waals surface area contributed by atoms with Crippen molar-refractivity contribution >= 4 is 11.9 Å². The van der Waals surface area contributed by atoms with E-state index in [9.17, 15) is 10.1 Å². The van der Waals surface area contributed by atoms with E-state index in [0.717, 1.165) is 45.2 Å². The van der Waals surface area contributed by atoms with Gasteiger partial charge in [0.25, 0.3) is 5.91 Å². The summed E-state index contributed by atoms with van der Waals surface area (Å²) in [4.78, 5) is 14.6. The fourth-order valence-corrected chi connectivity index (χ4v) is 4.86. The molecule has 2 aliphatic rings. The predicted octanol–water partition coefficient (Wildman–Crippen LogP) is 3.02. The van der Waals surface area contributed by atoms with Gasteiger partial charge in [0.2, 0.25) is 5.96 Å². The molecule has 3 N–H and O–H groups in total. The Labute approximate surface area is 201 Å². The number of carbonyl (C=O) groups is 1. The largest absolute Gasteiger partial charge is 0.496 e. The minimum absolute atomic E-state index is 0.00298. The van der Waals surface area contributed by atoms with Crippen LogP contribution in [0.15, 0.2) is 59.7 Å². The number of benzene rings is 2. The molecule has 1 heterocycles. The molecule has 1 amide bonds. The number of methoxy groups -OCH3 is 1. The van der Waals surface area contributed by atoms with E-state index in [2.05, 4.69) is 28.7 Å². The molecule has 0 bridgehead atoms. The number of hydrazone groups is 1. The highest BCUT2D eigenvalue weighted by atomic mass is 16.5. The van der Waals surface area contributed by atoms with Gasteiger partial charge in [0, 0.05) is 31.1 Å². The third-order valence-electron chi connectivity index (χ3n) is 7.03. The van der Waals surface area contributed by atoms with Gasteiger partial charge in [-0.25, -0.2) is 4.90 Å². The molecule has 8 nitrogen and oxygen atoms in total. The molecule has 4 rings (SSSR count). The lowest BCUT2D eigenvalue weighted by Gasteiger charge is -2.42. The van der Waals surface area contributed by atoms with Crippen LogP contribution >= 0.6 is 0 Å². The molecule has 2 aromatic carbocycles. The first-order valence-electron chi connectivity index (χ1n) is 11.8. The van der Waals surface area contributed by atoms with E-state index < -0.39 is 0 Å². The average Bonchev–Trinajstić information content (AvgIpc) is 2.86. The first-order valence-corrected chi connectivity index (χ1v) is 11.8. The third-order valence-corrected chi connectivity index (χ3v) is 7.03. The maximum absolute atomic E-state index is 13.0. The fourth-order valence-electron chi connectivity index (χ4n) is 4.86. The average molecular weight is 461 g/mol. The molecule has 34 heavy (non-hydrogen) atoms. The number of nitrogens with zero attached hydrogens (tertiary/aromatic N) is 4.